The lowest BCUT2D eigenvalue weighted by molar-refractivity contribution is 0.424. The molecule has 1 fully saturated rings. The Bertz CT molecular complexity index is 510. The zero-order chi connectivity index (χ0) is 11.7. The van der Waals surface area contributed by atoms with Crippen LogP contribution in [-0.2, 0) is 0 Å². The second kappa shape index (κ2) is 4.58. The van der Waals surface area contributed by atoms with E-state index in [1.165, 1.54) is 34.8 Å². The molecule has 0 spiro atoms. The van der Waals surface area contributed by atoms with Gasteiger partial charge in [0, 0.05) is 13.1 Å². The van der Waals surface area contributed by atoms with Crippen molar-refractivity contribution >= 4 is 27.4 Å². The van der Waals surface area contributed by atoms with Crippen LogP contribution in [0.2, 0.25) is 0 Å². The molecule has 2 N–H and O–H groups in total. The van der Waals surface area contributed by atoms with Crippen LogP contribution in [-0.4, -0.2) is 29.2 Å². The minimum atomic E-state index is 0.625. The quantitative estimate of drug-likeness (QED) is 0.881. The van der Waals surface area contributed by atoms with E-state index in [1.807, 2.05) is 6.07 Å². The summed E-state index contributed by atoms with van der Waals surface area (Å²) in [6.07, 6.45) is 2.48. The first-order chi connectivity index (χ1) is 8.38. The number of fused-ring (bicyclic) bond motifs is 1. The Morgan fingerprint density at radius 1 is 1.47 bits per heavy atom. The van der Waals surface area contributed by atoms with Crippen molar-refractivity contribution in [3.63, 3.8) is 0 Å². The fourth-order valence-electron chi connectivity index (χ4n) is 2.52. The Labute approximate surface area is 105 Å². The SMILES string of the molecule is NCC1CCCN(c2cccc3nnsc23)C1. The van der Waals surface area contributed by atoms with E-state index < -0.39 is 0 Å². The maximum absolute atomic E-state index is 5.79. The molecular weight excluding hydrogens is 232 g/mol. The minimum Gasteiger partial charge on any atom is -0.370 e. The average Bonchev–Trinajstić information content (AvgIpc) is 2.87. The molecule has 3 rings (SSSR count). The van der Waals surface area contributed by atoms with Crippen LogP contribution in [0.3, 0.4) is 0 Å². The molecule has 1 aliphatic heterocycles. The molecule has 1 aromatic heterocycles. The molecule has 1 aliphatic rings. The molecular formula is C12H16N4S. The normalized spacial score (nSPS) is 21.0. The topological polar surface area (TPSA) is 55.0 Å². The van der Waals surface area contributed by atoms with E-state index in [0.29, 0.717) is 5.92 Å². The average molecular weight is 248 g/mol. The van der Waals surface area contributed by atoms with E-state index in [4.69, 9.17) is 5.73 Å². The molecule has 1 unspecified atom stereocenters. The van der Waals surface area contributed by atoms with Crippen molar-refractivity contribution in [2.45, 2.75) is 12.8 Å². The Hall–Kier alpha value is -1.20. The summed E-state index contributed by atoms with van der Waals surface area (Å²) in [5.74, 6) is 0.625. The van der Waals surface area contributed by atoms with Gasteiger partial charge < -0.3 is 10.6 Å². The van der Waals surface area contributed by atoms with E-state index in [2.05, 4.69) is 26.6 Å². The van der Waals surface area contributed by atoms with Gasteiger partial charge in [-0.3, -0.25) is 0 Å². The molecule has 90 valence electrons. The van der Waals surface area contributed by atoms with Crippen molar-refractivity contribution in [2.24, 2.45) is 11.7 Å². The smallest absolute Gasteiger partial charge is 0.108 e. The van der Waals surface area contributed by atoms with Gasteiger partial charge >= 0.3 is 0 Å². The number of piperidine rings is 1. The van der Waals surface area contributed by atoms with Gasteiger partial charge in [0.05, 0.1) is 10.4 Å². The van der Waals surface area contributed by atoms with Crippen LogP contribution >= 0.6 is 11.5 Å². The van der Waals surface area contributed by atoms with Gasteiger partial charge in [-0.25, -0.2) is 0 Å². The number of anilines is 1. The lowest BCUT2D eigenvalue weighted by Gasteiger charge is -2.34. The molecule has 0 saturated carbocycles. The molecule has 0 bridgehead atoms. The summed E-state index contributed by atoms with van der Waals surface area (Å²) in [5.41, 5.74) is 8.06. The largest absolute Gasteiger partial charge is 0.370 e. The van der Waals surface area contributed by atoms with Gasteiger partial charge in [-0.2, -0.15) is 0 Å². The molecule has 1 aromatic carbocycles. The van der Waals surface area contributed by atoms with E-state index in [1.54, 1.807) is 0 Å². The van der Waals surface area contributed by atoms with Crippen LogP contribution < -0.4 is 10.6 Å². The third kappa shape index (κ3) is 2.00. The second-order valence-electron chi connectivity index (χ2n) is 4.59. The molecule has 1 atom stereocenters. The van der Waals surface area contributed by atoms with Crippen LogP contribution in [0.5, 0.6) is 0 Å². The van der Waals surface area contributed by atoms with Crippen LogP contribution in [0, 0.1) is 5.92 Å². The summed E-state index contributed by atoms with van der Waals surface area (Å²) < 4.78 is 5.24. The molecule has 17 heavy (non-hydrogen) atoms. The number of nitrogens with two attached hydrogens (primary N) is 1. The summed E-state index contributed by atoms with van der Waals surface area (Å²) in [6.45, 7) is 2.97. The molecule has 2 aromatic rings. The fourth-order valence-corrected chi connectivity index (χ4v) is 3.22. The first-order valence-corrected chi connectivity index (χ1v) is 6.82. The highest BCUT2D eigenvalue weighted by Crippen LogP contribution is 2.31. The predicted octanol–water partition coefficient (Wildman–Crippen LogP) is 1.87. The Kier molecular flexibility index (Phi) is 2.94. The number of aromatic nitrogens is 2. The van der Waals surface area contributed by atoms with Gasteiger partial charge in [-0.05, 0) is 49.0 Å². The van der Waals surface area contributed by atoms with E-state index in [-0.39, 0.29) is 0 Å². The lowest BCUT2D eigenvalue weighted by Crippen LogP contribution is -2.38. The van der Waals surface area contributed by atoms with Crippen LogP contribution in [0.25, 0.3) is 10.2 Å². The summed E-state index contributed by atoms with van der Waals surface area (Å²) in [7, 11) is 0. The van der Waals surface area contributed by atoms with Gasteiger partial charge in [-0.15, -0.1) is 5.10 Å². The van der Waals surface area contributed by atoms with Gasteiger partial charge in [0.15, 0.2) is 0 Å². The van der Waals surface area contributed by atoms with Crippen molar-refractivity contribution in [2.75, 3.05) is 24.5 Å². The lowest BCUT2D eigenvalue weighted by atomic mass is 9.98. The molecule has 0 amide bonds. The van der Waals surface area contributed by atoms with Crippen LogP contribution in [0.4, 0.5) is 5.69 Å². The zero-order valence-electron chi connectivity index (χ0n) is 9.67. The van der Waals surface area contributed by atoms with E-state index in [0.717, 1.165) is 25.2 Å². The molecule has 1 saturated heterocycles. The van der Waals surface area contributed by atoms with Crippen molar-refractivity contribution in [1.82, 2.24) is 9.59 Å². The fraction of sp³-hybridized carbons (Fsp3) is 0.500. The first-order valence-electron chi connectivity index (χ1n) is 6.04. The van der Waals surface area contributed by atoms with Crippen molar-refractivity contribution < 1.29 is 0 Å². The van der Waals surface area contributed by atoms with Gasteiger partial charge in [0.1, 0.15) is 5.52 Å². The summed E-state index contributed by atoms with van der Waals surface area (Å²) in [6, 6.07) is 6.25. The number of nitrogens with zero attached hydrogens (tertiary/aromatic N) is 3. The molecule has 2 heterocycles. The maximum atomic E-state index is 5.79. The Balaban J connectivity index is 1.94. The maximum Gasteiger partial charge on any atom is 0.108 e. The monoisotopic (exact) mass is 248 g/mol. The van der Waals surface area contributed by atoms with Crippen LogP contribution in [0.15, 0.2) is 18.2 Å². The van der Waals surface area contributed by atoms with Crippen molar-refractivity contribution in [1.29, 1.82) is 0 Å². The first kappa shape index (κ1) is 10.9. The Morgan fingerprint density at radius 2 is 2.41 bits per heavy atom. The summed E-state index contributed by atoms with van der Waals surface area (Å²) >= 11 is 1.48. The van der Waals surface area contributed by atoms with E-state index in [9.17, 15) is 0 Å². The van der Waals surface area contributed by atoms with Crippen LogP contribution in [0.1, 0.15) is 12.8 Å². The standard InChI is InChI=1S/C12H16N4S/c13-7-9-3-2-6-16(8-9)11-5-1-4-10-12(11)17-15-14-10/h1,4-5,9H,2-3,6-8,13H2. The minimum absolute atomic E-state index is 0.625. The highest BCUT2D eigenvalue weighted by Gasteiger charge is 2.20. The number of hydrogen-bond acceptors (Lipinski definition) is 5. The van der Waals surface area contributed by atoms with E-state index >= 15 is 0 Å². The summed E-state index contributed by atoms with van der Waals surface area (Å²) in [4.78, 5) is 2.43. The third-order valence-electron chi connectivity index (χ3n) is 3.45. The zero-order valence-corrected chi connectivity index (χ0v) is 10.5. The molecule has 4 nitrogen and oxygen atoms in total. The van der Waals surface area contributed by atoms with Gasteiger partial charge in [0.2, 0.25) is 0 Å². The van der Waals surface area contributed by atoms with Crippen molar-refractivity contribution in [3.8, 4) is 0 Å². The Morgan fingerprint density at radius 3 is 3.29 bits per heavy atom. The van der Waals surface area contributed by atoms with Crippen molar-refractivity contribution in [3.05, 3.63) is 18.2 Å². The third-order valence-corrected chi connectivity index (χ3v) is 4.21. The highest BCUT2D eigenvalue weighted by atomic mass is 32.1. The molecule has 5 heteroatoms. The number of rotatable bonds is 2. The van der Waals surface area contributed by atoms with Gasteiger partial charge in [-0.1, -0.05) is 10.6 Å². The highest BCUT2D eigenvalue weighted by molar-refractivity contribution is 7.13. The summed E-state index contributed by atoms with van der Waals surface area (Å²) in [5, 5.41) is 4.13. The molecule has 0 aliphatic carbocycles. The molecule has 0 radical (unpaired) electrons. The van der Waals surface area contributed by atoms with Gasteiger partial charge in [0.25, 0.3) is 0 Å². The predicted molar refractivity (Wildman–Crippen MR) is 71.4 cm³/mol. The number of hydrogen-bond donors (Lipinski definition) is 1. The second-order valence-corrected chi connectivity index (χ2v) is 5.34. The number of benzene rings is 1.